The molecule has 1 aliphatic heterocycles. The molecule has 1 saturated heterocycles. The molecule has 6 nitrogen and oxygen atoms in total. The first-order valence-electron chi connectivity index (χ1n) is 8.13. The summed E-state index contributed by atoms with van der Waals surface area (Å²) < 4.78 is 27.2. The van der Waals surface area contributed by atoms with Gasteiger partial charge in [0, 0.05) is 38.6 Å². The van der Waals surface area contributed by atoms with Crippen molar-refractivity contribution in [1.29, 1.82) is 0 Å². The number of rotatable bonds is 4. The first kappa shape index (κ1) is 17.2. The number of para-hydroxylation sites is 1. The topological polar surface area (TPSA) is 61.4 Å². The standard InChI is InChI=1S/C17H19F2N5O/c1-2-23-6-8-24(9-7-23)16(25)12-10-20-17(21-11-12)22-15-13(18)4-3-5-14(15)19/h3-5,10-11H,2,6-9H2,1H3,(H,20,21,22). The first-order chi connectivity index (χ1) is 12.1. The number of hydrogen-bond acceptors (Lipinski definition) is 5. The minimum atomic E-state index is -0.738. The van der Waals surface area contributed by atoms with Crippen molar-refractivity contribution >= 4 is 17.5 Å². The van der Waals surface area contributed by atoms with Crippen molar-refractivity contribution in [3.05, 3.63) is 47.8 Å². The number of anilines is 2. The maximum absolute atomic E-state index is 13.6. The molecule has 0 bridgehead atoms. The largest absolute Gasteiger partial charge is 0.336 e. The third kappa shape index (κ3) is 3.90. The van der Waals surface area contributed by atoms with Crippen LogP contribution in [0, 0.1) is 11.6 Å². The molecule has 1 amide bonds. The number of nitrogens with one attached hydrogen (secondary N) is 1. The van der Waals surface area contributed by atoms with Gasteiger partial charge in [-0.2, -0.15) is 0 Å². The third-order valence-electron chi connectivity index (χ3n) is 4.21. The van der Waals surface area contributed by atoms with Crippen LogP contribution in [0.1, 0.15) is 17.3 Å². The lowest BCUT2D eigenvalue weighted by atomic mass is 10.2. The van der Waals surface area contributed by atoms with E-state index in [4.69, 9.17) is 0 Å². The fraction of sp³-hybridized carbons (Fsp3) is 0.353. The zero-order valence-electron chi connectivity index (χ0n) is 13.9. The summed E-state index contributed by atoms with van der Waals surface area (Å²) in [6.07, 6.45) is 2.73. The number of benzene rings is 1. The molecule has 0 saturated carbocycles. The molecule has 25 heavy (non-hydrogen) atoms. The van der Waals surface area contributed by atoms with Crippen molar-refractivity contribution in [1.82, 2.24) is 19.8 Å². The number of carbonyl (C=O) groups excluding carboxylic acids is 1. The summed E-state index contributed by atoms with van der Waals surface area (Å²) in [5.41, 5.74) is 0.0294. The number of carbonyl (C=O) groups is 1. The Bertz CT molecular complexity index is 725. The Balaban J connectivity index is 1.67. The predicted octanol–water partition coefficient (Wildman–Crippen LogP) is 2.28. The molecule has 0 radical (unpaired) electrons. The number of likely N-dealkylation sites (N-methyl/N-ethyl adjacent to an activating group) is 1. The van der Waals surface area contributed by atoms with Gasteiger partial charge in [-0.1, -0.05) is 13.0 Å². The SMILES string of the molecule is CCN1CCN(C(=O)c2cnc(Nc3c(F)cccc3F)nc2)CC1. The molecule has 1 fully saturated rings. The molecule has 0 spiro atoms. The maximum Gasteiger partial charge on any atom is 0.257 e. The van der Waals surface area contributed by atoms with E-state index in [1.54, 1.807) is 4.90 Å². The van der Waals surface area contributed by atoms with Gasteiger partial charge < -0.3 is 15.1 Å². The lowest BCUT2D eigenvalue weighted by Crippen LogP contribution is -2.48. The van der Waals surface area contributed by atoms with Crippen LogP contribution in [-0.4, -0.2) is 58.4 Å². The molecule has 3 rings (SSSR count). The van der Waals surface area contributed by atoms with Crippen LogP contribution < -0.4 is 5.32 Å². The van der Waals surface area contributed by atoms with E-state index in [1.807, 2.05) is 0 Å². The van der Waals surface area contributed by atoms with Crippen molar-refractivity contribution in [2.24, 2.45) is 0 Å². The molecule has 2 heterocycles. The van der Waals surface area contributed by atoms with Gasteiger partial charge in [-0.05, 0) is 18.7 Å². The molecular weight excluding hydrogens is 328 g/mol. The predicted molar refractivity (Wildman–Crippen MR) is 89.7 cm³/mol. The fourth-order valence-corrected chi connectivity index (χ4v) is 2.68. The number of hydrogen-bond donors (Lipinski definition) is 1. The van der Waals surface area contributed by atoms with Gasteiger partial charge in [-0.3, -0.25) is 4.79 Å². The lowest BCUT2D eigenvalue weighted by Gasteiger charge is -2.33. The van der Waals surface area contributed by atoms with Crippen molar-refractivity contribution in [3.63, 3.8) is 0 Å². The Morgan fingerprint density at radius 2 is 1.72 bits per heavy atom. The summed E-state index contributed by atoms with van der Waals surface area (Å²) in [4.78, 5) is 24.5. The van der Waals surface area contributed by atoms with Gasteiger partial charge in [0.25, 0.3) is 5.91 Å². The highest BCUT2D eigenvalue weighted by Crippen LogP contribution is 2.21. The van der Waals surface area contributed by atoms with E-state index in [2.05, 4.69) is 27.1 Å². The highest BCUT2D eigenvalue weighted by atomic mass is 19.1. The average Bonchev–Trinajstić information content (AvgIpc) is 2.65. The summed E-state index contributed by atoms with van der Waals surface area (Å²) in [6.45, 7) is 6.07. The van der Waals surface area contributed by atoms with Crippen LogP contribution in [0.4, 0.5) is 20.4 Å². The summed E-state index contributed by atoms with van der Waals surface area (Å²) >= 11 is 0. The Kier molecular flexibility index (Phi) is 5.18. The Labute approximate surface area is 144 Å². The zero-order valence-corrected chi connectivity index (χ0v) is 13.9. The third-order valence-corrected chi connectivity index (χ3v) is 4.21. The smallest absolute Gasteiger partial charge is 0.257 e. The number of amides is 1. The van der Waals surface area contributed by atoms with E-state index in [-0.39, 0.29) is 17.5 Å². The molecule has 1 aromatic carbocycles. The Morgan fingerprint density at radius 3 is 2.28 bits per heavy atom. The molecule has 1 aliphatic rings. The molecule has 0 aliphatic carbocycles. The van der Waals surface area contributed by atoms with E-state index in [0.717, 1.165) is 31.8 Å². The van der Waals surface area contributed by atoms with Crippen LogP contribution in [0.25, 0.3) is 0 Å². The number of nitrogens with zero attached hydrogens (tertiary/aromatic N) is 4. The number of aromatic nitrogens is 2. The van der Waals surface area contributed by atoms with E-state index in [1.165, 1.54) is 18.5 Å². The van der Waals surface area contributed by atoms with E-state index >= 15 is 0 Å². The van der Waals surface area contributed by atoms with Gasteiger partial charge in [-0.25, -0.2) is 18.7 Å². The molecule has 0 atom stereocenters. The summed E-state index contributed by atoms with van der Waals surface area (Å²) in [5, 5.41) is 2.50. The molecule has 132 valence electrons. The maximum atomic E-state index is 13.6. The summed E-state index contributed by atoms with van der Waals surface area (Å²) in [7, 11) is 0. The second kappa shape index (κ2) is 7.52. The van der Waals surface area contributed by atoms with E-state index in [0.29, 0.717) is 18.7 Å². The minimum absolute atomic E-state index is 0.0244. The van der Waals surface area contributed by atoms with Crippen LogP contribution >= 0.6 is 0 Å². The molecule has 0 unspecified atom stereocenters. The van der Waals surface area contributed by atoms with Gasteiger partial charge in [0.1, 0.15) is 17.3 Å². The van der Waals surface area contributed by atoms with Crippen LogP contribution in [-0.2, 0) is 0 Å². The summed E-state index contributed by atoms with van der Waals surface area (Å²) in [6, 6.07) is 3.55. The minimum Gasteiger partial charge on any atom is -0.336 e. The van der Waals surface area contributed by atoms with Crippen molar-refractivity contribution in [3.8, 4) is 0 Å². The van der Waals surface area contributed by atoms with Crippen LogP contribution in [0.3, 0.4) is 0 Å². The monoisotopic (exact) mass is 347 g/mol. The molecule has 1 N–H and O–H groups in total. The number of piperazine rings is 1. The Hall–Kier alpha value is -2.61. The second-order valence-electron chi connectivity index (χ2n) is 5.74. The Morgan fingerprint density at radius 1 is 1.12 bits per heavy atom. The summed E-state index contributed by atoms with van der Waals surface area (Å²) in [5.74, 6) is -1.59. The number of halogens is 2. The van der Waals surface area contributed by atoms with Crippen LogP contribution in [0.5, 0.6) is 0 Å². The zero-order chi connectivity index (χ0) is 17.8. The first-order valence-corrected chi connectivity index (χ1v) is 8.13. The highest BCUT2D eigenvalue weighted by molar-refractivity contribution is 5.93. The van der Waals surface area contributed by atoms with Gasteiger partial charge in [0.15, 0.2) is 0 Å². The van der Waals surface area contributed by atoms with Gasteiger partial charge in [0.05, 0.1) is 5.56 Å². The average molecular weight is 347 g/mol. The van der Waals surface area contributed by atoms with Gasteiger partial charge in [-0.15, -0.1) is 0 Å². The second-order valence-corrected chi connectivity index (χ2v) is 5.74. The molecular formula is C17H19F2N5O. The van der Waals surface area contributed by atoms with Crippen molar-refractivity contribution in [2.75, 3.05) is 38.0 Å². The van der Waals surface area contributed by atoms with E-state index < -0.39 is 11.6 Å². The van der Waals surface area contributed by atoms with Crippen LogP contribution in [0.2, 0.25) is 0 Å². The van der Waals surface area contributed by atoms with Crippen molar-refractivity contribution < 1.29 is 13.6 Å². The molecule has 2 aromatic rings. The van der Waals surface area contributed by atoms with Gasteiger partial charge >= 0.3 is 0 Å². The molecule has 1 aromatic heterocycles. The van der Waals surface area contributed by atoms with Gasteiger partial charge in [0.2, 0.25) is 5.95 Å². The quantitative estimate of drug-likeness (QED) is 0.919. The van der Waals surface area contributed by atoms with Crippen molar-refractivity contribution in [2.45, 2.75) is 6.92 Å². The highest BCUT2D eigenvalue weighted by Gasteiger charge is 2.22. The lowest BCUT2D eigenvalue weighted by molar-refractivity contribution is 0.0642. The van der Waals surface area contributed by atoms with Crippen LogP contribution in [0.15, 0.2) is 30.6 Å². The normalized spacial score (nSPS) is 15.2. The fourth-order valence-electron chi connectivity index (χ4n) is 2.68. The molecule has 8 heteroatoms. The van der Waals surface area contributed by atoms with E-state index in [9.17, 15) is 13.6 Å².